The number of rotatable bonds is 7. The lowest BCUT2D eigenvalue weighted by Crippen LogP contribution is -2.17. The molecule has 7 heteroatoms. The van der Waals surface area contributed by atoms with Gasteiger partial charge in [0.2, 0.25) is 0 Å². The minimum absolute atomic E-state index is 0. The fourth-order valence-electron chi connectivity index (χ4n) is 3.20. The quantitative estimate of drug-likeness (QED) is 0.715. The highest BCUT2D eigenvalue weighted by Gasteiger charge is 2.17. The van der Waals surface area contributed by atoms with Crippen LogP contribution >= 0.6 is 24.8 Å². The largest absolute Gasteiger partial charge is 0.496 e. The van der Waals surface area contributed by atoms with Gasteiger partial charge in [0, 0.05) is 37.0 Å². The molecule has 0 saturated carbocycles. The van der Waals surface area contributed by atoms with Crippen LogP contribution < -0.4 is 15.4 Å². The minimum Gasteiger partial charge on any atom is -0.496 e. The first-order valence-electron chi connectivity index (χ1n) is 8.50. The monoisotopic (exact) mass is 377 g/mol. The maximum Gasteiger partial charge on any atom is 0.133 e. The Morgan fingerprint density at radius 2 is 2.12 bits per heavy atom. The molecule has 1 atom stereocenters. The average molecular weight is 378 g/mol. The number of ether oxygens (including phenoxy) is 2. The third-order valence-electron chi connectivity index (χ3n) is 4.45. The Morgan fingerprint density at radius 3 is 2.88 bits per heavy atom. The highest BCUT2D eigenvalue weighted by Crippen LogP contribution is 2.30. The number of fused-ring (bicyclic) bond motifs is 1. The van der Waals surface area contributed by atoms with Crippen LogP contribution in [-0.2, 0) is 17.6 Å². The van der Waals surface area contributed by atoms with E-state index in [1.165, 1.54) is 5.56 Å². The van der Waals surface area contributed by atoms with Crippen molar-refractivity contribution in [2.45, 2.75) is 44.6 Å². The van der Waals surface area contributed by atoms with E-state index in [2.05, 4.69) is 16.7 Å². The van der Waals surface area contributed by atoms with Gasteiger partial charge in [0.15, 0.2) is 0 Å². The lowest BCUT2D eigenvalue weighted by Gasteiger charge is -2.20. The lowest BCUT2D eigenvalue weighted by molar-refractivity contribution is 0.0645. The molecule has 3 rings (SSSR count). The Labute approximate surface area is 157 Å². The molecule has 0 aromatic carbocycles. The van der Waals surface area contributed by atoms with Crippen molar-refractivity contribution in [1.29, 1.82) is 0 Å². The third-order valence-corrected chi connectivity index (χ3v) is 4.45. The Hall–Kier alpha value is -0.750. The molecule has 24 heavy (non-hydrogen) atoms. The molecule has 2 aliphatic rings. The van der Waals surface area contributed by atoms with Crippen LogP contribution in [0.25, 0.3) is 0 Å². The second kappa shape index (κ2) is 11.0. The minimum atomic E-state index is 0. The number of aromatic nitrogens is 1. The van der Waals surface area contributed by atoms with E-state index in [1.807, 2.05) is 0 Å². The predicted molar refractivity (Wildman–Crippen MR) is 102 cm³/mol. The number of methoxy groups -OCH3 is 1. The Kier molecular flexibility index (Phi) is 9.74. The summed E-state index contributed by atoms with van der Waals surface area (Å²) in [6.07, 6.45) is 6.96. The number of hydrogen-bond donors (Lipinski definition) is 2. The molecule has 0 amide bonds. The molecule has 0 spiro atoms. The van der Waals surface area contributed by atoms with E-state index in [4.69, 9.17) is 14.5 Å². The molecule has 1 fully saturated rings. The second-order valence-electron chi connectivity index (χ2n) is 6.12. The highest BCUT2D eigenvalue weighted by atomic mass is 35.5. The van der Waals surface area contributed by atoms with Crippen molar-refractivity contribution in [3.63, 3.8) is 0 Å². The van der Waals surface area contributed by atoms with Gasteiger partial charge in [-0.25, -0.2) is 4.98 Å². The molecule has 0 unspecified atom stereocenters. The van der Waals surface area contributed by atoms with Gasteiger partial charge in [-0.1, -0.05) is 0 Å². The van der Waals surface area contributed by atoms with Crippen molar-refractivity contribution in [1.82, 2.24) is 10.3 Å². The van der Waals surface area contributed by atoms with Gasteiger partial charge < -0.3 is 20.1 Å². The van der Waals surface area contributed by atoms with E-state index < -0.39 is 0 Å². The van der Waals surface area contributed by atoms with Crippen molar-refractivity contribution < 1.29 is 9.47 Å². The SMILES string of the molecule is COc1cc(CCCCO[C@@H]2CCNC2)nc2c1CCCN2.Cl.Cl. The zero-order chi connectivity index (χ0) is 15.2. The maximum absolute atomic E-state index is 5.86. The smallest absolute Gasteiger partial charge is 0.133 e. The van der Waals surface area contributed by atoms with Crippen LogP contribution in [0.3, 0.4) is 0 Å². The summed E-state index contributed by atoms with van der Waals surface area (Å²) in [5.41, 5.74) is 2.35. The number of aryl methyl sites for hydroxylation is 1. The zero-order valence-electron chi connectivity index (χ0n) is 14.3. The number of halogens is 2. The van der Waals surface area contributed by atoms with Gasteiger partial charge in [0.25, 0.3) is 0 Å². The number of anilines is 1. The van der Waals surface area contributed by atoms with Crippen molar-refractivity contribution in [3.05, 3.63) is 17.3 Å². The van der Waals surface area contributed by atoms with Crippen LogP contribution in [0.4, 0.5) is 5.82 Å². The van der Waals surface area contributed by atoms with Crippen molar-refractivity contribution in [2.24, 2.45) is 0 Å². The summed E-state index contributed by atoms with van der Waals surface area (Å²) >= 11 is 0. The molecule has 3 heterocycles. The first-order chi connectivity index (χ1) is 10.9. The summed E-state index contributed by atoms with van der Waals surface area (Å²) in [6.45, 7) is 3.97. The number of hydrogen-bond acceptors (Lipinski definition) is 5. The summed E-state index contributed by atoms with van der Waals surface area (Å²) < 4.78 is 11.4. The van der Waals surface area contributed by atoms with E-state index in [0.717, 1.165) is 82.0 Å². The standard InChI is InChI=1S/C17H27N3O2.2ClH/c1-21-16-11-13(20-17-15(16)6-4-8-19-17)5-2-3-10-22-14-7-9-18-12-14;;/h11,14,18H,2-10,12H2,1H3,(H,19,20);2*1H/t14-;;/m1../s1. The first-order valence-corrected chi connectivity index (χ1v) is 8.50. The molecule has 0 aliphatic carbocycles. The van der Waals surface area contributed by atoms with E-state index >= 15 is 0 Å². The van der Waals surface area contributed by atoms with E-state index in [9.17, 15) is 0 Å². The molecular weight excluding hydrogens is 349 g/mol. The zero-order valence-corrected chi connectivity index (χ0v) is 15.9. The molecule has 2 N–H and O–H groups in total. The van der Waals surface area contributed by atoms with Crippen LogP contribution in [0.2, 0.25) is 0 Å². The summed E-state index contributed by atoms with van der Waals surface area (Å²) in [4.78, 5) is 4.76. The topological polar surface area (TPSA) is 55.4 Å². The maximum atomic E-state index is 5.86. The van der Waals surface area contributed by atoms with Gasteiger partial charge in [0.1, 0.15) is 11.6 Å². The Morgan fingerprint density at radius 1 is 1.25 bits per heavy atom. The Balaban J connectivity index is 0.00000144. The van der Waals surface area contributed by atoms with Crippen LogP contribution in [0.15, 0.2) is 6.07 Å². The Bertz CT molecular complexity index is 480. The second-order valence-corrected chi connectivity index (χ2v) is 6.12. The highest BCUT2D eigenvalue weighted by molar-refractivity contribution is 5.85. The van der Waals surface area contributed by atoms with Gasteiger partial charge in [0.05, 0.1) is 13.2 Å². The molecule has 5 nitrogen and oxygen atoms in total. The predicted octanol–water partition coefficient (Wildman–Crippen LogP) is 2.99. The number of pyridine rings is 1. The van der Waals surface area contributed by atoms with E-state index in [0.29, 0.717) is 6.10 Å². The molecule has 1 aromatic rings. The first kappa shape index (κ1) is 21.3. The van der Waals surface area contributed by atoms with Gasteiger partial charge in [-0.2, -0.15) is 0 Å². The van der Waals surface area contributed by atoms with E-state index in [-0.39, 0.29) is 24.8 Å². The summed E-state index contributed by atoms with van der Waals surface area (Å²) in [5, 5.41) is 6.72. The molecule has 0 radical (unpaired) electrons. The molecule has 0 bridgehead atoms. The third kappa shape index (κ3) is 5.66. The fourth-order valence-corrected chi connectivity index (χ4v) is 3.20. The van der Waals surface area contributed by atoms with Gasteiger partial charge in [-0.3, -0.25) is 0 Å². The number of unbranched alkanes of at least 4 members (excludes halogenated alkanes) is 1. The average Bonchev–Trinajstić information content (AvgIpc) is 3.07. The summed E-state index contributed by atoms with van der Waals surface area (Å²) in [7, 11) is 1.75. The summed E-state index contributed by atoms with van der Waals surface area (Å²) in [5.74, 6) is 2.01. The van der Waals surface area contributed by atoms with Gasteiger partial charge >= 0.3 is 0 Å². The van der Waals surface area contributed by atoms with Crippen LogP contribution in [-0.4, -0.2) is 44.4 Å². The van der Waals surface area contributed by atoms with Crippen molar-refractivity contribution >= 4 is 30.6 Å². The molecule has 2 aliphatic heterocycles. The van der Waals surface area contributed by atoms with Crippen LogP contribution in [0, 0.1) is 0 Å². The number of nitrogens with one attached hydrogen (secondary N) is 2. The molecule has 1 aromatic heterocycles. The lowest BCUT2D eigenvalue weighted by atomic mass is 10.0. The summed E-state index contributed by atoms with van der Waals surface area (Å²) in [6, 6.07) is 2.10. The van der Waals surface area contributed by atoms with E-state index in [1.54, 1.807) is 7.11 Å². The van der Waals surface area contributed by atoms with Crippen molar-refractivity contribution in [2.75, 3.05) is 38.7 Å². The van der Waals surface area contributed by atoms with Crippen LogP contribution in [0.5, 0.6) is 5.75 Å². The molecule has 1 saturated heterocycles. The molecular formula is C17H29Cl2N3O2. The van der Waals surface area contributed by atoms with Crippen LogP contribution in [0.1, 0.15) is 36.9 Å². The van der Waals surface area contributed by atoms with Gasteiger partial charge in [-0.05, 0) is 45.1 Å². The fraction of sp³-hybridized carbons (Fsp3) is 0.706. The van der Waals surface area contributed by atoms with Crippen molar-refractivity contribution in [3.8, 4) is 5.75 Å². The normalized spacial score (nSPS) is 18.8. The molecule has 138 valence electrons. The van der Waals surface area contributed by atoms with Gasteiger partial charge in [-0.15, -0.1) is 24.8 Å². The number of nitrogens with zero attached hydrogens (tertiary/aromatic N) is 1.